The van der Waals surface area contributed by atoms with E-state index in [1.54, 1.807) is 72.8 Å². The number of benzene rings is 3. The van der Waals surface area contributed by atoms with Crippen LogP contribution >= 0.6 is 6.72 Å². The molecule has 0 fully saturated rings. The summed E-state index contributed by atoms with van der Waals surface area (Å²) in [5.74, 6) is 1.20. The molecule has 0 atom stereocenters. The molecule has 0 saturated heterocycles. The maximum atomic E-state index is 7.04. The Kier molecular flexibility index (Phi) is 6.12. The molecule has 0 saturated carbocycles. The third-order valence-electron chi connectivity index (χ3n) is 3.55. The van der Waals surface area contributed by atoms with Crippen LogP contribution in [-0.2, 0) is 11.8 Å². The van der Waals surface area contributed by atoms with Gasteiger partial charge in [-0.05, 0) is 36.4 Å². The molecule has 0 aromatic heterocycles. The normalized spacial score (nSPS) is 10.1. The largest absolute Gasteiger partial charge is 0.490 e. The Morgan fingerprint density at radius 3 is 0.966 bits per heavy atom. The van der Waals surface area contributed by atoms with Gasteiger partial charge in [0, 0.05) is 11.8 Å². The minimum atomic E-state index is -3.35. The summed E-state index contributed by atoms with van der Waals surface area (Å²) in [5.41, 5.74) is 1.41. The van der Waals surface area contributed by atoms with Gasteiger partial charge in [-0.2, -0.15) is 0 Å². The second-order valence-electron chi connectivity index (χ2n) is 5.54. The molecule has 0 amide bonds. The average molecular weight is 417 g/mol. The second-order valence-corrected chi connectivity index (χ2v) is 8.32. The van der Waals surface area contributed by atoms with Gasteiger partial charge in [-0.25, -0.2) is 14.5 Å². The molecule has 29 heavy (non-hydrogen) atoms. The Morgan fingerprint density at radius 1 is 0.517 bits per heavy atom. The van der Waals surface area contributed by atoms with Gasteiger partial charge < -0.3 is 13.6 Å². The zero-order valence-corrected chi connectivity index (χ0v) is 16.6. The van der Waals surface area contributed by atoms with E-state index in [-0.39, 0.29) is 0 Å². The summed E-state index contributed by atoms with van der Waals surface area (Å²) in [4.78, 5) is 10.0. The zero-order chi connectivity index (χ0) is 20.7. The van der Waals surface area contributed by atoms with Crippen molar-refractivity contribution in [3.63, 3.8) is 0 Å². The SMILES string of the molecule is [C-]#[N+]c1ccc(OP(=S)(Oc2ccc([N+]#[C-])cc2)Oc2ccc([N+]#[C-])cc2)cc1. The lowest BCUT2D eigenvalue weighted by Crippen LogP contribution is -2.07. The van der Waals surface area contributed by atoms with E-state index in [4.69, 9.17) is 45.1 Å². The highest BCUT2D eigenvalue weighted by atomic mass is 32.5. The molecule has 3 aromatic rings. The van der Waals surface area contributed by atoms with Crippen molar-refractivity contribution < 1.29 is 13.6 Å². The molecule has 0 spiro atoms. The first kappa shape index (κ1) is 19.9. The molecule has 3 rings (SSSR count). The summed E-state index contributed by atoms with van der Waals surface area (Å²) in [7, 11) is 0. The summed E-state index contributed by atoms with van der Waals surface area (Å²) >= 11 is 5.59. The molecule has 6 nitrogen and oxygen atoms in total. The first-order chi connectivity index (χ1) is 14.0. The van der Waals surface area contributed by atoms with Crippen molar-refractivity contribution in [2.75, 3.05) is 0 Å². The third kappa shape index (κ3) is 5.34. The van der Waals surface area contributed by atoms with E-state index in [0.717, 1.165) is 0 Å². The van der Waals surface area contributed by atoms with Crippen molar-refractivity contribution in [2.24, 2.45) is 0 Å². The van der Waals surface area contributed by atoms with Crippen LogP contribution in [0.15, 0.2) is 72.8 Å². The highest BCUT2D eigenvalue weighted by molar-refractivity contribution is 8.08. The van der Waals surface area contributed by atoms with Crippen molar-refractivity contribution in [1.82, 2.24) is 0 Å². The highest BCUT2D eigenvalue weighted by Crippen LogP contribution is 2.50. The van der Waals surface area contributed by atoms with Crippen molar-refractivity contribution in [3.05, 3.63) is 107 Å². The first-order valence-electron chi connectivity index (χ1n) is 8.15. The van der Waals surface area contributed by atoms with E-state index in [2.05, 4.69) is 14.5 Å². The van der Waals surface area contributed by atoms with Gasteiger partial charge in [0.05, 0.1) is 19.7 Å². The van der Waals surface area contributed by atoms with Gasteiger partial charge in [-0.15, -0.1) is 0 Å². The van der Waals surface area contributed by atoms with Gasteiger partial charge in [-0.3, -0.25) is 0 Å². The van der Waals surface area contributed by atoms with Crippen LogP contribution in [0.4, 0.5) is 17.1 Å². The van der Waals surface area contributed by atoms with Crippen LogP contribution in [0.1, 0.15) is 0 Å². The fourth-order valence-electron chi connectivity index (χ4n) is 2.19. The van der Waals surface area contributed by atoms with E-state index in [9.17, 15) is 0 Å². The molecule has 8 heteroatoms. The fourth-order valence-corrected chi connectivity index (χ4v) is 4.21. The Balaban J connectivity index is 1.89. The Bertz CT molecular complexity index is 1020. The van der Waals surface area contributed by atoms with Crippen LogP contribution in [0, 0.1) is 19.7 Å². The lowest BCUT2D eigenvalue weighted by atomic mass is 10.3. The molecule has 0 bridgehead atoms. The Hall–Kier alpha value is -3.82. The van der Waals surface area contributed by atoms with Crippen molar-refractivity contribution in [2.45, 2.75) is 0 Å². The van der Waals surface area contributed by atoms with Crippen LogP contribution < -0.4 is 13.6 Å². The highest BCUT2D eigenvalue weighted by Gasteiger charge is 2.27. The molecule has 140 valence electrons. The van der Waals surface area contributed by atoms with Gasteiger partial charge >= 0.3 is 6.72 Å². The van der Waals surface area contributed by atoms with Gasteiger partial charge in [0.25, 0.3) is 0 Å². The molecule has 0 aliphatic carbocycles. The van der Waals surface area contributed by atoms with Gasteiger partial charge in [0.15, 0.2) is 17.1 Å². The molecule has 0 aliphatic rings. The van der Waals surface area contributed by atoms with E-state index in [1.807, 2.05) is 0 Å². The maximum absolute atomic E-state index is 7.04. The minimum Gasteiger partial charge on any atom is -0.407 e. The maximum Gasteiger partial charge on any atom is 0.490 e. The quantitative estimate of drug-likeness (QED) is 0.317. The van der Waals surface area contributed by atoms with Crippen LogP contribution in [0.25, 0.3) is 14.5 Å². The van der Waals surface area contributed by atoms with Gasteiger partial charge in [-0.1, -0.05) is 36.4 Å². The molecular weight excluding hydrogens is 405 g/mol. The van der Waals surface area contributed by atoms with Crippen molar-refractivity contribution in [1.29, 1.82) is 0 Å². The minimum absolute atomic E-state index is 0.399. The number of nitrogens with zero attached hydrogens (tertiary/aromatic N) is 3. The average Bonchev–Trinajstić information content (AvgIpc) is 2.75. The standard InChI is InChI=1S/C21H12N3O3PS/c1-22-16-4-10-19(11-5-16)25-28(29,26-20-12-6-17(23-2)7-13-20)27-21-14-8-18(24-3)9-15-21/h4-15H. The van der Waals surface area contributed by atoms with Crippen LogP contribution in [0.3, 0.4) is 0 Å². The summed E-state index contributed by atoms with van der Waals surface area (Å²) < 4.78 is 17.6. The molecule has 0 unspecified atom stereocenters. The smallest absolute Gasteiger partial charge is 0.407 e. The van der Waals surface area contributed by atoms with Crippen LogP contribution in [-0.4, -0.2) is 0 Å². The van der Waals surface area contributed by atoms with Gasteiger partial charge in [0.1, 0.15) is 17.2 Å². The number of hydrogen-bond donors (Lipinski definition) is 0. The van der Waals surface area contributed by atoms with E-state index in [0.29, 0.717) is 34.3 Å². The zero-order valence-electron chi connectivity index (χ0n) is 14.9. The second kappa shape index (κ2) is 8.91. The summed E-state index contributed by atoms with van der Waals surface area (Å²) in [6, 6.07) is 19.3. The van der Waals surface area contributed by atoms with Crippen LogP contribution in [0.5, 0.6) is 17.2 Å². The molecule has 3 aromatic carbocycles. The summed E-state index contributed by atoms with van der Waals surface area (Å²) in [6.07, 6.45) is 0. The molecule has 0 N–H and O–H groups in total. The predicted molar refractivity (Wildman–Crippen MR) is 114 cm³/mol. The van der Waals surface area contributed by atoms with Gasteiger partial charge in [0.2, 0.25) is 0 Å². The van der Waals surface area contributed by atoms with Crippen molar-refractivity contribution >= 4 is 35.6 Å². The molecular formula is C21H12N3O3PS. The molecule has 0 aliphatic heterocycles. The van der Waals surface area contributed by atoms with Crippen molar-refractivity contribution in [3.8, 4) is 17.2 Å². The first-order valence-corrected chi connectivity index (χ1v) is 10.7. The van der Waals surface area contributed by atoms with E-state index >= 15 is 0 Å². The molecule has 0 radical (unpaired) electrons. The lowest BCUT2D eigenvalue weighted by molar-refractivity contribution is 0.384. The van der Waals surface area contributed by atoms with E-state index in [1.165, 1.54) is 0 Å². The predicted octanol–water partition coefficient (Wildman–Crippen LogP) is 7.10. The third-order valence-corrected chi connectivity index (χ3v) is 5.52. The monoisotopic (exact) mass is 417 g/mol. The van der Waals surface area contributed by atoms with Crippen LogP contribution in [0.2, 0.25) is 0 Å². The Morgan fingerprint density at radius 2 is 0.759 bits per heavy atom. The number of hydrogen-bond acceptors (Lipinski definition) is 4. The molecule has 0 heterocycles. The lowest BCUT2D eigenvalue weighted by Gasteiger charge is -2.23. The summed E-state index contributed by atoms with van der Waals surface area (Å²) in [5, 5.41) is 0. The number of rotatable bonds is 6. The topological polar surface area (TPSA) is 40.8 Å². The fraction of sp³-hybridized carbons (Fsp3) is 0. The Labute approximate surface area is 173 Å². The summed E-state index contributed by atoms with van der Waals surface area (Å²) in [6.45, 7) is 17.8. The van der Waals surface area contributed by atoms with E-state index < -0.39 is 6.72 Å².